The lowest BCUT2D eigenvalue weighted by molar-refractivity contribution is 0.380. The number of nitrogens with zero attached hydrogens (tertiary/aromatic N) is 2. The number of aromatic nitrogens is 2. The van der Waals surface area contributed by atoms with Crippen molar-refractivity contribution in [3.8, 4) is 0 Å². The first-order valence-corrected chi connectivity index (χ1v) is 7.34. The van der Waals surface area contributed by atoms with Crippen LogP contribution in [-0.4, -0.2) is 32.2 Å². The molecule has 20 heavy (non-hydrogen) atoms. The molecule has 0 spiro atoms. The highest BCUT2D eigenvalue weighted by Gasteiger charge is 2.12. The first-order valence-electron chi connectivity index (χ1n) is 5.85. The molecule has 9 heteroatoms. The van der Waals surface area contributed by atoms with Gasteiger partial charge in [0.25, 0.3) is 0 Å². The lowest BCUT2D eigenvalue weighted by Gasteiger charge is -2.10. The maximum atomic E-state index is 11.6. The van der Waals surface area contributed by atoms with E-state index in [0.29, 0.717) is 30.2 Å². The standard InChI is InChI=1S/C11H15N5O3S/c1-13-20(17,18)8-2-3-10(9(12)6-8)14-5-4-11-15-7-16-19-11/h2-3,6-7,13-14H,4-5,12H2,1H3. The van der Waals surface area contributed by atoms with E-state index in [1.54, 1.807) is 6.07 Å². The molecule has 8 nitrogen and oxygen atoms in total. The van der Waals surface area contributed by atoms with Crippen LogP contribution in [0.5, 0.6) is 0 Å². The average molecular weight is 297 g/mol. The van der Waals surface area contributed by atoms with Crippen molar-refractivity contribution in [3.63, 3.8) is 0 Å². The van der Waals surface area contributed by atoms with E-state index >= 15 is 0 Å². The third kappa shape index (κ3) is 3.25. The summed E-state index contributed by atoms with van der Waals surface area (Å²) in [5.41, 5.74) is 6.83. The highest BCUT2D eigenvalue weighted by molar-refractivity contribution is 7.89. The fourth-order valence-electron chi connectivity index (χ4n) is 1.60. The number of hydrogen-bond acceptors (Lipinski definition) is 7. The van der Waals surface area contributed by atoms with Gasteiger partial charge in [-0.1, -0.05) is 5.16 Å². The van der Waals surface area contributed by atoms with E-state index < -0.39 is 10.0 Å². The van der Waals surface area contributed by atoms with Crippen molar-refractivity contribution in [2.45, 2.75) is 11.3 Å². The Labute approximate surface area is 116 Å². The quantitative estimate of drug-likeness (QED) is 0.651. The first kappa shape index (κ1) is 14.3. The summed E-state index contributed by atoms with van der Waals surface area (Å²) in [7, 11) is -2.14. The Bertz CT molecular complexity index is 669. The molecular formula is C11H15N5O3S. The fourth-order valence-corrected chi connectivity index (χ4v) is 2.36. The van der Waals surface area contributed by atoms with Crippen molar-refractivity contribution in [2.24, 2.45) is 0 Å². The van der Waals surface area contributed by atoms with Crippen LogP contribution >= 0.6 is 0 Å². The molecular weight excluding hydrogens is 282 g/mol. The van der Waals surface area contributed by atoms with Crippen LogP contribution in [0.15, 0.2) is 33.9 Å². The van der Waals surface area contributed by atoms with Gasteiger partial charge in [0.05, 0.1) is 16.3 Å². The molecule has 0 bridgehead atoms. The van der Waals surface area contributed by atoms with E-state index in [4.69, 9.17) is 10.3 Å². The van der Waals surface area contributed by atoms with Gasteiger partial charge in [0.1, 0.15) is 0 Å². The summed E-state index contributed by atoms with van der Waals surface area (Å²) >= 11 is 0. The molecule has 2 aromatic rings. The van der Waals surface area contributed by atoms with Crippen molar-refractivity contribution in [1.82, 2.24) is 14.9 Å². The maximum Gasteiger partial charge on any atom is 0.240 e. The Morgan fingerprint density at radius 2 is 2.20 bits per heavy atom. The van der Waals surface area contributed by atoms with E-state index in [9.17, 15) is 8.42 Å². The highest BCUT2D eigenvalue weighted by atomic mass is 32.2. The predicted molar refractivity (Wildman–Crippen MR) is 73.6 cm³/mol. The van der Waals surface area contributed by atoms with E-state index in [1.807, 2.05) is 0 Å². The second kappa shape index (κ2) is 5.88. The van der Waals surface area contributed by atoms with Crippen molar-refractivity contribution in [2.75, 3.05) is 24.6 Å². The number of anilines is 2. The number of nitrogens with two attached hydrogens (primary N) is 1. The summed E-state index contributed by atoms with van der Waals surface area (Å²) in [4.78, 5) is 4.02. The van der Waals surface area contributed by atoms with E-state index in [1.165, 1.54) is 25.5 Å². The van der Waals surface area contributed by atoms with Gasteiger partial charge in [-0.25, -0.2) is 13.1 Å². The van der Waals surface area contributed by atoms with Crippen molar-refractivity contribution in [1.29, 1.82) is 0 Å². The maximum absolute atomic E-state index is 11.6. The zero-order valence-corrected chi connectivity index (χ0v) is 11.6. The summed E-state index contributed by atoms with van der Waals surface area (Å²) in [6.07, 6.45) is 1.89. The molecule has 0 aliphatic rings. The summed E-state index contributed by atoms with van der Waals surface area (Å²) in [6.45, 7) is 0.546. The van der Waals surface area contributed by atoms with Gasteiger partial charge < -0.3 is 15.6 Å². The lowest BCUT2D eigenvalue weighted by atomic mass is 10.2. The van der Waals surface area contributed by atoms with Crippen LogP contribution in [0.3, 0.4) is 0 Å². The largest absolute Gasteiger partial charge is 0.397 e. The van der Waals surface area contributed by atoms with Crippen molar-refractivity contribution >= 4 is 21.4 Å². The molecule has 108 valence electrons. The van der Waals surface area contributed by atoms with Crippen LogP contribution in [0.1, 0.15) is 5.89 Å². The molecule has 0 aliphatic carbocycles. The third-order valence-electron chi connectivity index (χ3n) is 2.66. The first-order chi connectivity index (χ1) is 9.53. The molecule has 0 saturated heterocycles. The van der Waals surface area contributed by atoms with E-state index in [0.717, 1.165) is 0 Å². The molecule has 2 rings (SSSR count). The molecule has 0 unspecified atom stereocenters. The number of benzene rings is 1. The predicted octanol–water partition coefficient (Wildman–Crippen LogP) is 0.214. The van der Waals surface area contributed by atoms with Gasteiger partial charge in [-0.3, -0.25) is 0 Å². The Morgan fingerprint density at radius 3 is 2.80 bits per heavy atom. The molecule has 0 atom stereocenters. The van der Waals surface area contributed by atoms with Crippen LogP contribution in [0.2, 0.25) is 0 Å². The second-order valence-corrected chi connectivity index (χ2v) is 5.85. The monoisotopic (exact) mass is 297 g/mol. The van der Waals surface area contributed by atoms with E-state index in [-0.39, 0.29) is 4.90 Å². The van der Waals surface area contributed by atoms with Crippen LogP contribution < -0.4 is 15.8 Å². The molecule has 1 aromatic carbocycles. The summed E-state index contributed by atoms with van der Waals surface area (Å²) in [5, 5.41) is 6.58. The minimum atomic E-state index is -3.48. The minimum Gasteiger partial charge on any atom is -0.397 e. The topological polar surface area (TPSA) is 123 Å². The SMILES string of the molecule is CNS(=O)(=O)c1ccc(NCCc2ncno2)c(N)c1. The van der Waals surface area contributed by atoms with Gasteiger partial charge >= 0.3 is 0 Å². The van der Waals surface area contributed by atoms with E-state index in [2.05, 4.69) is 20.2 Å². The Kier molecular flexibility index (Phi) is 4.20. The second-order valence-electron chi connectivity index (χ2n) is 3.97. The molecule has 0 aliphatic heterocycles. The number of sulfonamides is 1. The number of nitrogens with one attached hydrogen (secondary N) is 2. The molecule has 1 heterocycles. The van der Waals surface area contributed by atoms with Crippen LogP contribution in [-0.2, 0) is 16.4 Å². The van der Waals surface area contributed by atoms with Gasteiger partial charge in [0.2, 0.25) is 15.9 Å². The zero-order chi connectivity index (χ0) is 14.6. The van der Waals surface area contributed by atoms with Crippen molar-refractivity contribution in [3.05, 3.63) is 30.4 Å². The lowest BCUT2D eigenvalue weighted by Crippen LogP contribution is -2.19. The van der Waals surface area contributed by atoms with Gasteiger partial charge in [-0.05, 0) is 25.2 Å². The van der Waals surface area contributed by atoms with Gasteiger partial charge in [0.15, 0.2) is 6.33 Å². The van der Waals surface area contributed by atoms with Crippen LogP contribution in [0.25, 0.3) is 0 Å². The molecule has 0 fully saturated rings. The van der Waals surface area contributed by atoms with Gasteiger partial charge in [0, 0.05) is 13.0 Å². The molecule has 0 amide bonds. The van der Waals surface area contributed by atoms with Crippen LogP contribution in [0, 0.1) is 0 Å². The third-order valence-corrected chi connectivity index (χ3v) is 4.08. The Balaban J connectivity index is 2.03. The minimum absolute atomic E-state index is 0.125. The Morgan fingerprint density at radius 1 is 1.40 bits per heavy atom. The molecule has 1 aromatic heterocycles. The smallest absolute Gasteiger partial charge is 0.240 e. The number of rotatable bonds is 6. The normalized spacial score (nSPS) is 11.4. The van der Waals surface area contributed by atoms with Gasteiger partial charge in [-0.2, -0.15) is 4.98 Å². The van der Waals surface area contributed by atoms with Gasteiger partial charge in [-0.15, -0.1) is 0 Å². The summed E-state index contributed by atoms with van der Waals surface area (Å²) < 4.78 is 30.3. The number of hydrogen-bond donors (Lipinski definition) is 3. The molecule has 0 radical (unpaired) electrons. The summed E-state index contributed by atoms with van der Waals surface area (Å²) in [6, 6.07) is 4.51. The van der Waals surface area contributed by atoms with Crippen molar-refractivity contribution < 1.29 is 12.9 Å². The van der Waals surface area contributed by atoms with Crippen LogP contribution in [0.4, 0.5) is 11.4 Å². The summed E-state index contributed by atoms with van der Waals surface area (Å²) in [5.74, 6) is 0.519. The number of nitrogen functional groups attached to an aromatic ring is 1. The average Bonchev–Trinajstić information content (AvgIpc) is 2.93. The molecule has 4 N–H and O–H groups in total. The zero-order valence-electron chi connectivity index (χ0n) is 10.8. The molecule has 0 saturated carbocycles. The fraction of sp³-hybridized carbons (Fsp3) is 0.273. The Hall–Kier alpha value is -2.13. The highest BCUT2D eigenvalue weighted by Crippen LogP contribution is 2.22.